The number of nitrogens with two attached hydrogens (primary N) is 2. The number of fused-ring (bicyclic) bond motifs is 1. The quantitative estimate of drug-likeness (QED) is 0.509. The molecule has 9 nitrogen and oxygen atoms in total. The number of nitrogens with zero attached hydrogens (tertiary/aromatic N) is 3. The summed E-state index contributed by atoms with van der Waals surface area (Å²) in [4.78, 5) is 34.7. The Labute approximate surface area is 216 Å². The van der Waals surface area contributed by atoms with E-state index < -0.39 is 5.54 Å². The number of carbonyl (C=O) groups is 2. The molecule has 192 valence electrons. The van der Waals surface area contributed by atoms with E-state index >= 15 is 0 Å². The highest BCUT2D eigenvalue weighted by Crippen LogP contribution is 2.30. The second kappa shape index (κ2) is 9.98. The molecule has 0 radical (unpaired) electrons. The highest BCUT2D eigenvalue weighted by Gasteiger charge is 2.45. The smallest absolute Gasteiger partial charge is 0.267 e. The van der Waals surface area contributed by atoms with Gasteiger partial charge in [-0.1, -0.05) is 30.0 Å². The summed E-state index contributed by atoms with van der Waals surface area (Å²) in [5.41, 5.74) is 14.1. The van der Waals surface area contributed by atoms with Crippen molar-refractivity contribution < 1.29 is 14.3 Å². The van der Waals surface area contributed by atoms with Crippen molar-refractivity contribution in [1.82, 2.24) is 15.1 Å². The first kappa shape index (κ1) is 25.0. The molecule has 5 N–H and O–H groups in total. The lowest BCUT2D eigenvalue weighted by atomic mass is 9.98. The van der Waals surface area contributed by atoms with Gasteiger partial charge in [0.1, 0.15) is 11.6 Å². The molecule has 3 unspecified atom stereocenters. The number of carbonyl (C=O) groups excluding carboxylic acids is 2. The van der Waals surface area contributed by atoms with Gasteiger partial charge in [-0.25, -0.2) is 4.99 Å². The maximum absolute atomic E-state index is 13.1. The number of nitrogens with one attached hydrogen (secondary N) is 1. The van der Waals surface area contributed by atoms with Gasteiger partial charge < -0.3 is 26.4 Å². The van der Waals surface area contributed by atoms with E-state index in [4.69, 9.17) is 16.2 Å². The predicted molar refractivity (Wildman–Crippen MR) is 141 cm³/mol. The second-order valence-corrected chi connectivity index (χ2v) is 9.86. The van der Waals surface area contributed by atoms with Crippen LogP contribution in [0.15, 0.2) is 47.5 Å². The molecule has 0 bridgehead atoms. The third-order valence-corrected chi connectivity index (χ3v) is 7.27. The summed E-state index contributed by atoms with van der Waals surface area (Å²) in [5, 5.41) is 2.76. The summed E-state index contributed by atoms with van der Waals surface area (Å²) < 4.78 is 5.26. The summed E-state index contributed by atoms with van der Waals surface area (Å²) in [6, 6.07) is 13.6. The Morgan fingerprint density at radius 3 is 2.65 bits per heavy atom. The minimum atomic E-state index is -1.38. The number of amides is 2. The molecule has 3 heterocycles. The topological polar surface area (TPSA) is 126 Å². The maximum atomic E-state index is 13.1. The Bertz CT molecular complexity index is 1310. The van der Waals surface area contributed by atoms with E-state index in [9.17, 15) is 9.59 Å². The minimum absolute atomic E-state index is 0.0571. The Kier molecular flexibility index (Phi) is 6.73. The molecule has 3 aliphatic rings. The van der Waals surface area contributed by atoms with Crippen LogP contribution in [-0.4, -0.2) is 72.3 Å². The Balaban J connectivity index is 1.37. The van der Waals surface area contributed by atoms with Crippen molar-refractivity contribution in [2.75, 3.05) is 33.3 Å². The van der Waals surface area contributed by atoms with Crippen LogP contribution in [0, 0.1) is 11.8 Å². The van der Waals surface area contributed by atoms with E-state index in [2.05, 4.69) is 27.0 Å². The van der Waals surface area contributed by atoms with Gasteiger partial charge in [-0.3, -0.25) is 14.5 Å². The van der Waals surface area contributed by atoms with Gasteiger partial charge in [-0.05, 0) is 48.7 Å². The van der Waals surface area contributed by atoms with Gasteiger partial charge in [0.05, 0.1) is 13.7 Å². The van der Waals surface area contributed by atoms with Gasteiger partial charge in [-0.2, -0.15) is 0 Å². The van der Waals surface area contributed by atoms with Gasteiger partial charge >= 0.3 is 0 Å². The van der Waals surface area contributed by atoms with Crippen LogP contribution in [0.2, 0.25) is 0 Å². The molecule has 37 heavy (non-hydrogen) atoms. The molecular weight excluding hydrogens is 468 g/mol. The largest absolute Gasteiger partial charge is 0.497 e. The number of aliphatic imine (C=N–C) groups is 1. The van der Waals surface area contributed by atoms with Crippen LogP contribution in [0.4, 0.5) is 0 Å². The lowest BCUT2D eigenvalue weighted by Gasteiger charge is -2.27. The molecule has 0 saturated carbocycles. The van der Waals surface area contributed by atoms with Gasteiger partial charge in [0, 0.05) is 49.4 Å². The van der Waals surface area contributed by atoms with Crippen LogP contribution in [0.3, 0.4) is 0 Å². The van der Waals surface area contributed by atoms with Gasteiger partial charge in [0.15, 0.2) is 0 Å². The number of ether oxygens (including phenoxy) is 1. The SMILES string of the molecule is COc1ccc2c(c1)C(=O)N(CC1(C#Cc3ccc(C(CN)N4CCC(N)C4)cc3)N=C(C)NC1=O)C2. The number of hydrogen-bond acceptors (Lipinski definition) is 7. The molecule has 0 spiro atoms. The van der Waals surface area contributed by atoms with Crippen LogP contribution >= 0.6 is 0 Å². The summed E-state index contributed by atoms with van der Waals surface area (Å²) in [5.74, 6) is 6.82. The third kappa shape index (κ3) is 4.83. The van der Waals surface area contributed by atoms with Gasteiger partial charge in [0.25, 0.3) is 11.8 Å². The second-order valence-electron chi connectivity index (χ2n) is 9.86. The molecule has 2 aromatic carbocycles. The highest BCUT2D eigenvalue weighted by atomic mass is 16.5. The molecule has 3 aliphatic heterocycles. The van der Waals surface area contributed by atoms with Crippen LogP contribution in [0.25, 0.3) is 0 Å². The average molecular weight is 501 g/mol. The lowest BCUT2D eigenvalue weighted by molar-refractivity contribution is -0.122. The normalized spacial score (nSPS) is 23.8. The fourth-order valence-electron chi connectivity index (χ4n) is 5.29. The molecule has 0 aromatic heterocycles. The molecule has 3 atom stereocenters. The summed E-state index contributed by atoms with van der Waals surface area (Å²) >= 11 is 0. The highest BCUT2D eigenvalue weighted by molar-refractivity contribution is 6.10. The van der Waals surface area contributed by atoms with Crippen molar-refractivity contribution in [2.24, 2.45) is 16.5 Å². The zero-order valence-corrected chi connectivity index (χ0v) is 21.2. The number of rotatable bonds is 6. The monoisotopic (exact) mass is 500 g/mol. The van der Waals surface area contributed by atoms with E-state index in [-0.39, 0.29) is 30.4 Å². The average Bonchev–Trinajstić information content (AvgIpc) is 3.54. The first-order chi connectivity index (χ1) is 17.8. The number of hydrogen-bond donors (Lipinski definition) is 3. The maximum Gasteiger partial charge on any atom is 0.267 e. The Hall–Kier alpha value is -3.71. The van der Waals surface area contributed by atoms with Crippen molar-refractivity contribution in [1.29, 1.82) is 0 Å². The fourth-order valence-corrected chi connectivity index (χ4v) is 5.29. The van der Waals surface area contributed by atoms with E-state index in [1.54, 1.807) is 25.0 Å². The number of benzene rings is 2. The zero-order valence-electron chi connectivity index (χ0n) is 21.2. The standard InChI is InChI=1S/C28H32N6O3/c1-18-31-27(36)28(32-18,17-34-15-21-7-8-23(37-2)13-24(21)26(34)35)11-9-19-3-5-20(6-4-19)25(14-29)33-12-10-22(30)16-33/h3-8,13,22,25H,10,12,14-17,29-30H2,1-2H3,(H,31,32,36). The zero-order chi connectivity index (χ0) is 26.2. The number of methoxy groups -OCH3 is 1. The van der Waals surface area contributed by atoms with Crippen LogP contribution in [0.1, 0.15) is 46.4 Å². The summed E-state index contributed by atoms with van der Waals surface area (Å²) in [7, 11) is 1.56. The van der Waals surface area contributed by atoms with E-state index in [0.717, 1.165) is 36.2 Å². The van der Waals surface area contributed by atoms with Crippen LogP contribution in [-0.2, 0) is 11.3 Å². The van der Waals surface area contributed by atoms with Crippen molar-refractivity contribution >= 4 is 17.6 Å². The molecule has 0 aliphatic carbocycles. The van der Waals surface area contributed by atoms with Crippen LogP contribution in [0.5, 0.6) is 5.75 Å². The van der Waals surface area contributed by atoms with E-state index in [1.807, 2.05) is 36.4 Å². The molecule has 1 fully saturated rings. The molecule has 9 heteroatoms. The summed E-state index contributed by atoms with van der Waals surface area (Å²) in [6.07, 6.45) is 0.974. The first-order valence-corrected chi connectivity index (χ1v) is 12.5. The van der Waals surface area contributed by atoms with Gasteiger partial charge in [-0.15, -0.1) is 0 Å². The first-order valence-electron chi connectivity index (χ1n) is 12.5. The number of likely N-dealkylation sites (tertiary alicyclic amines) is 1. The van der Waals surface area contributed by atoms with Gasteiger partial charge in [0.2, 0.25) is 5.54 Å². The Morgan fingerprint density at radius 1 is 1.24 bits per heavy atom. The third-order valence-electron chi connectivity index (χ3n) is 7.27. The van der Waals surface area contributed by atoms with Crippen molar-refractivity contribution in [3.8, 4) is 17.6 Å². The molecule has 2 amide bonds. The van der Waals surface area contributed by atoms with Crippen LogP contribution < -0.4 is 21.5 Å². The molecular formula is C28H32N6O3. The lowest BCUT2D eigenvalue weighted by Crippen LogP contribution is -2.48. The Morgan fingerprint density at radius 2 is 2.03 bits per heavy atom. The van der Waals surface area contributed by atoms with E-state index in [0.29, 0.717) is 30.2 Å². The van der Waals surface area contributed by atoms with E-state index in [1.165, 1.54) is 0 Å². The number of amidine groups is 1. The molecule has 1 saturated heterocycles. The fraction of sp³-hybridized carbons (Fsp3) is 0.393. The van der Waals surface area contributed by atoms with Crippen molar-refractivity contribution in [3.05, 3.63) is 64.7 Å². The van der Waals surface area contributed by atoms with Crippen molar-refractivity contribution in [2.45, 2.75) is 37.5 Å². The summed E-state index contributed by atoms with van der Waals surface area (Å²) in [6.45, 7) is 4.45. The molecule has 5 rings (SSSR count). The minimum Gasteiger partial charge on any atom is -0.497 e. The molecule has 2 aromatic rings. The van der Waals surface area contributed by atoms with Crippen molar-refractivity contribution in [3.63, 3.8) is 0 Å². The predicted octanol–water partition coefficient (Wildman–Crippen LogP) is 1.02.